The number of aliphatic hydroxyl groups excluding tert-OH is 1. The van der Waals surface area contributed by atoms with Crippen LogP contribution in [0.5, 0.6) is 11.5 Å². The highest BCUT2D eigenvalue weighted by Gasteiger charge is 2.48. The zero-order valence-electron chi connectivity index (χ0n) is 17.6. The first kappa shape index (κ1) is 20.7. The summed E-state index contributed by atoms with van der Waals surface area (Å²) in [6.07, 6.45) is 3.25. The SMILES string of the molecule is COc1cc(C2/C(=C(\O)c3c(C)nc4ccccn34)C(=O)C(=O)N2c2nccs2)ccc1O. The summed E-state index contributed by atoms with van der Waals surface area (Å²) in [5, 5.41) is 23.5. The summed E-state index contributed by atoms with van der Waals surface area (Å²) >= 11 is 1.19. The number of amides is 1. The number of rotatable bonds is 4. The van der Waals surface area contributed by atoms with Crippen molar-refractivity contribution in [2.45, 2.75) is 13.0 Å². The second-order valence-corrected chi connectivity index (χ2v) is 8.26. The molecule has 0 bridgehead atoms. The van der Waals surface area contributed by atoms with Gasteiger partial charge in [-0.05, 0) is 36.8 Å². The lowest BCUT2D eigenvalue weighted by Crippen LogP contribution is -2.29. The van der Waals surface area contributed by atoms with Crippen molar-refractivity contribution in [3.8, 4) is 11.5 Å². The molecule has 0 radical (unpaired) electrons. The number of aromatic nitrogens is 3. The number of ether oxygens (including phenoxy) is 1. The number of phenolic OH excluding ortho intramolecular Hbond substituents is 1. The number of ketones is 1. The van der Waals surface area contributed by atoms with Gasteiger partial charge in [0.05, 0.1) is 24.4 Å². The number of thiazole rings is 1. The molecule has 5 rings (SSSR count). The lowest BCUT2D eigenvalue weighted by atomic mass is 9.96. The Bertz CT molecular complexity index is 1440. The highest BCUT2D eigenvalue weighted by atomic mass is 32.1. The number of nitrogens with zero attached hydrogens (tertiary/aromatic N) is 4. The standard InChI is InChI=1S/C23H18N4O5S/c1-12-18(26-9-4-3-5-16(26)25-12)20(29)17-19(13-6-7-14(28)15(11-13)32-2)27(22(31)21(17)30)23-24-8-10-33-23/h3-11,19,28-29H,1-2H3/b20-17+. The predicted molar refractivity (Wildman–Crippen MR) is 121 cm³/mol. The fraction of sp³-hybridized carbons (Fsp3) is 0.130. The van der Waals surface area contributed by atoms with Crippen molar-refractivity contribution < 1.29 is 24.5 Å². The molecule has 0 aliphatic carbocycles. The van der Waals surface area contributed by atoms with E-state index < -0.39 is 17.7 Å². The van der Waals surface area contributed by atoms with Gasteiger partial charge < -0.3 is 14.9 Å². The average molecular weight is 462 g/mol. The van der Waals surface area contributed by atoms with Crippen molar-refractivity contribution >= 4 is 39.6 Å². The molecule has 0 spiro atoms. The number of methoxy groups -OCH3 is 1. The van der Waals surface area contributed by atoms with E-state index in [1.165, 1.54) is 41.7 Å². The van der Waals surface area contributed by atoms with Crippen LogP contribution in [0.2, 0.25) is 0 Å². The van der Waals surface area contributed by atoms with E-state index in [-0.39, 0.29) is 22.8 Å². The molecular weight excluding hydrogens is 444 g/mol. The number of benzene rings is 1. The van der Waals surface area contributed by atoms with E-state index in [4.69, 9.17) is 4.74 Å². The van der Waals surface area contributed by atoms with E-state index in [1.807, 2.05) is 6.07 Å². The number of hydrogen-bond donors (Lipinski definition) is 2. The molecule has 4 aromatic rings. The van der Waals surface area contributed by atoms with Crippen molar-refractivity contribution in [1.29, 1.82) is 0 Å². The Morgan fingerprint density at radius 2 is 2.03 bits per heavy atom. The number of Topliss-reactive ketones (excluding diaryl/α,β-unsaturated/α-hetero) is 1. The van der Waals surface area contributed by atoms with Gasteiger partial charge >= 0.3 is 5.91 Å². The maximum atomic E-state index is 13.3. The summed E-state index contributed by atoms with van der Waals surface area (Å²) in [5.74, 6) is -1.92. The van der Waals surface area contributed by atoms with Crippen molar-refractivity contribution in [3.05, 3.63) is 76.7 Å². The van der Waals surface area contributed by atoms with Crippen LogP contribution >= 0.6 is 11.3 Å². The molecule has 1 atom stereocenters. The minimum atomic E-state index is -0.987. The van der Waals surface area contributed by atoms with Crippen molar-refractivity contribution in [3.63, 3.8) is 0 Å². The van der Waals surface area contributed by atoms with E-state index in [1.54, 1.807) is 41.1 Å². The maximum Gasteiger partial charge on any atom is 0.301 e. The first-order chi connectivity index (χ1) is 15.9. The molecular formula is C23H18N4O5S. The van der Waals surface area contributed by atoms with Gasteiger partial charge in [-0.1, -0.05) is 12.1 Å². The third-order valence-corrected chi connectivity index (χ3v) is 6.29. The number of aromatic hydroxyl groups is 1. The molecule has 0 saturated carbocycles. The molecule has 1 amide bonds. The Balaban J connectivity index is 1.80. The second kappa shape index (κ2) is 7.75. The maximum absolute atomic E-state index is 13.3. The van der Waals surface area contributed by atoms with Crippen LogP contribution in [0.4, 0.5) is 5.13 Å². The molecule has 2 N–H and O–H groups in total. The molecule has 1 saturated heterocycles. The fourth-order valence-electron chi connectivity index (χ4n) is 4.07. The predicted octanol–water partition coefficient (Wildman–Crippen LogP) is 3.44. The summed E-state index contributed by atoms with van der Waals surface area (Å²) in [5.41, 5.74) is 1.77. The van der Waals surface area contributed by atoms with Gasteiger partial charge in [-0.2, -0.15) is 0 Å². The summed E-state index contributed by atoms with van der Waals surface area (Å²) in [6.45, 7) is 1.72. The van der Waals surface area contributed by atoms with E-state index in [9.17, 15) is 19.8 Å². The van der Waals surface area contributed by atoms with Crippen LogP contribution < -0.4 is 9.64 Å². The van der Waals surface area contributed by atoms with E-state index >= 15 is 0 Å². The van der Waals surface area contributed by atoms with Crippen LogP contribution in [0.3, 0.4) is 0 Å². The Hall–Kier alpha value is -4.18. The van der Waals surface area contributed by atoms with E-state index in [0.717, 1.165) is 0 Å². The molecule has 10 heteroatoms. The van der Waals surface area contributed by atoms with Gasteiger partial charge in [-0.3, -0.25) is 18.9 Å². The fourth-order valence-corrected chi connectivity index (χ4v) is 4.74. The van der Waals surface area contributed by atoms with Crippen molar-refractivity contribution in [2.75, 3.05) is 12.0 Å². The molecule has 1 unspecified atom stereocenters. The normalized spacial score (nSPS) is 17.8. The van der Waals surface area contributed by atoms with Gasteiger partial charge in [-0.25, -0.2) is 9.97 Å². The average Bonchev–Trinajstić information content (AvgIpc) is 3.51. The minimum absolute atomic E-state index is 0.0925. The van der Waals surface area contributed by atoms with Crippen molar-refractivity contribution in [1.82, 2.24) is 14.4 Å². The van der Waals surface area contributed by atoms with Crippen LogP contribution in [0.25, 0.3) is 11.4 Å². The summed E-state index contributed by atoms with van der Waals surface area (Å²) in [4.78, 5) is 36.3. The summed E-state index contributed by atoms with van der Waals surface area (Å²) in [7, 11) is 1.40. The molecule has 3 aromatic heterocycles. The molecule has 1 aliphatic rings. The Morgan fingerprint density at radius 1 is 1.21 bits per heavy atom. The van der Waals surface area contributed by atoms with Gasteiger partial charge in [0.2, 0.25) is 0 Å². The molecule has 1 aromatic carbocycles. The Labute approximate surface area is 191 Å². The number of carbonyl (C=O) groups excluding carboxylic acids is 2. The number of anilines is 1. The van der Waals surface area contributed by atoms with E-state index in [2.05, 4.69) is 9.97 Å². The first-order valence-electron chi connectivity index (χ1n) is 9.93. The molecule has 1 fully saturated rings. The topological polar surface area (TPSA) is 117 Å². The number of hydrogen-bond acceptors (Lipinski definition) is 8. The number of aryl methyl sites for hydroxylation is 1. The number of imidazole rings is 1. The van der Waals surface area contributed by atoms with Crippen LogP contribution in [0.15, 0.2) is 59.7 Å². The van der Waals surface area contributed by atoms with E-state index in [0.29, 0.717) is 27.7 Å². The van der Waals surface area contributed by atoms with Gasteiger partial charge in [0.25, 0.3) is 5.78 Å². The lowest BCUT2D eigenvalue weighted by Gasteiger charge is -2.23. The van der Waals surface area contributed by atoms with Gasteiger partial charge in [-0.15, -0.1) is 11.3 Å². The van der Waals surface area contributed by atoms with Crippen LogP contribution in [-0.4, -0.2) is 43.4 Å². The molecule has 1 aliphatic heterocycles. The number of fused-ring (bicyclic) bond motifs is 1. The van der Waals surface area contributed by atoms with Crippen LogP contribution in [-0.2, 0) is 9.59 Å². The van der Waals surface area contributed by atoms with Crippen LogP contribution in [0.1, 0.15) is 23.0 Å². The second-order valence-electron chi connectivity index (χ2n) is 7.39. The number of carbonyl (C=O) groups is 2. The van der Waals surface area contributed by atoms with Gasteiger partial charge in [0.15, 0.2) is 22.4 Å². The minimum Gasteiger partial charge on any atom is -0.505 e. The Morgan fingerprint density at radius 3 is 2.76 bits per heavy atom. The zero-order chi connectivity index (χ0) is 23.3. The van der Waals surface area contributed by atoms with Gasteiger partial charge in [0, 0.05) is 17.8 Å². The smallest absolute Gasteiger partial charge is 0.301 e. The number of phenols is 1. The molecule has 33 heavy (non-hydrogen) atoms. The monoisotopic (exact) mass is 462 g/mol. The quantitative estimate of drug-likeness (QED) is 0.271. The summed E-state index contributed by atoms with van der Waals surface area (Å²) < 4.78 is 6.89. The lowest BCUT2D eigenvalue weighted by molar-refractivity contribution is -0.132. The number of pyridine rings is 1. The summed E-state index contributed by atoms with van der Waals surface area (Å²) in [6, 6.07) is 8.90. The largest absolute Gasteiger partial charge is 0.505 e. The molecule has 9 nitrogen and oxygen atoms in total. The molecule has 4 heterocycles. The first-order valence-corrected chi connectivity index (χ1v) is 10.8. The third kappa shape index (κ3) is 3.14. The van der Waals surface area contributed by atoms with Gasteiger partial charge in [0.1, 0.15) is 11.3 Å². The third-order valence-electron chi connectivity index (χ3n) is 5.52. The highest BCUT2D eigenvalue weighted by Crippen LogP contribution is 2.44. The Kier molecular flexibility index (Phi) is 4.86. The van der Waals surface area contributed by atoms with Crippen LogP contribution in [0, 0.1) is 6.92 Å². The molecule has 166 valence electrons. The van der Waals surface area contributed by atoms with Crippen molar-refractivity contribution in [2.24, 2.45) is 0 Å². The zero-order valence-corrected chi connectivity index (χ0v) is 18.4. The number of aliphatic hydroxyl groups is 1. The highest BCUT2D eigenvalue weighted by molar-refractivity contribution is 7.14.